The second-order valence-electron chi connectivity index (χ2n) is 8.54. The second-order valence-corrected chi connectivity index (χ2v) is 10.1. The molecule has 0 N–H and O–H groups in total. The van der Waals surface area contributed by atoms with Crippen LogP contribution in [0.15, 0.2) is 11.8 Å². The van der Waals surface area contributed by atoms with E-state index in [9.17, 15) is 21.6 Å². The quantitative estimate of drug-likeness (QED) is 0.271. The normalized spacial score (nSPS) is 30.8. The third-order valence-corrected chi connectivity index (χ3v) is 7.70. The number of allylic oxidation sites excluding steroid dienone is 2. The number of hydrogen-bond acceptors (Lipinski definition) is 5. The van der Waals surface area contributed by atoms with Crippen molar-refractivity contribution in [1.29, 1.82) is 0 Å². The Kier molecular flexibility index (Phi) is 8.30. The number of alkyl halides is 3. The molecule has 0 amide bonds. The summed E-state index contributed by atoms with van der Waals surface area (Å²) >= 11 is 0. The molecule has 2 aliphatic carbocycles. The summed E-state index contributed by atoms with van der Waals surface area (Å²) in [5.41, 5.74) is -5.63. The van der Waals surface area contributed by atoms with Crippen molar-refractivity contribution in [2.24, 2.45) is 17.3 Å². The highest BCUT2D eigenvalue weighted by molar-refractivity contribution is 7.87. The zero-order valence-electron chi connectivity index (χ0n) is 18.4. The van der Waals surface area contributed by atoms with E-state index in [2.05, 4.69) is 11.1 Å². The molecule has 1 saturated heterocycles. The molecule has 0 aromatic rings. The minimum absolute atomic E-state index is 0.0196. The van der Waals surface area contributed by atoms with Gasteiger partial charge in [-0.05, 0) is 62.9 Å². The Balaban J connectivity index is 0.00000155. The van der Waals surface area contributed by atoms with Crippen molar-refractivity contribution in [3.8, 4) is 0 Å². The van der Waals surface area contributed by atoms with Crippen molar-refractivity contribution in [3.05, 3.63) is 11.8 Å². The minimum Gasteiger partial charge on any atom is -0.381 e. The summed E-state index contributed by atoms with van der Waals surface area (Å²) < 4.78 is 76.8. The zero-order valence-corrected chi connectivity index (χ0v) is 19.2. The second kappa shape index (κ2) is 9.77. The molecule has 0 spiro atoms. The van der Waals surface area contributed by atoms with E-state index in [4.69, 9.17) is 9.47 Å². The fourth-order valence-corrected chi connectivity index (χ4v) is 5.64. The van der Waals surface area contributed by atoms with Gasteiger partial charge in [-0.15, -0.1) is 0 Å². The van der Waals surface area contributed by atoms with Crippen molar-refractivity contribution in [2.45, 2.75) is 90.4 Å². The van der Waals surface area contributed by atoms with E-state index in [0.29, 0.717) is 32.0 Å². The summed E-state index contributed by atoms with van der Waals surface area (Å²) in [5, 5.41) is 0. The van der Waals surface area contributed by atoms with Gasteiger partial charge in [-0.1, -0.05) is 27.2 Å². The monoisotopic (exact) mass is 456 g/mol. The van der Waals surface area contributed by atoms with Crippen molar-refractivity contribution >= 4 is 10.1 Å². The summed E-state index contributed by atoms with van der Waals surface area (Å²) in [6.07, 6.45) is 8.14. The van der Waals surface area contributed by atoms with Crippen LogP contribution < -0.4 is 0 Å². The maximum Gasteiger partial charge on any atom is 0.534 e. The van der Waals surface area contributed by atoms with E-state index in [-0.39, 0.29) is 17.1 Å². The first kappa shape index (κ1) is 25.5. The molecule has 30 heavy (non-hydrogen) atoms. The lowest BCUT2D eigenvalue weighted by Crippen LogP contribution is -2.35. The van der Waals surface area contributed by atoms with Crippen molar-refractivity contribution in [3.63, 3.8) is 0 Å². The molecule has 0 aromatic carbocycles. The van der Waals surface area contributed by atoms with Gasteiger partial charge in [-0.25, -0.2) is 0 Å². The highest BCUT2D eigenvalue weighted by atomic mass is 32.2. The van der Waals surface area contributed by atoms with Crippen LogP contribution in [-0.4, -0.2) is 32.9 Å². The highest BCUT2D eigenvalue weighted by Gasteiger charge is 2.54. The van der Waals surface area contributed by atoms with Crippen LogP contribution in [0.25, 0.3) is 0 Å². The lowest BCUT2D eigenvalue weighted by molar-refractivity contribution is -0.147. The lowest BCUT2D eigenvalue weighted by atomic mass is 9.66. The van der Waals surface area contributed by atoms with E-state index in [1.807, 2.05) is 20.8 Å². The number of unbranched alkanes of at least 4 members (excludes halogenated alkanes) is 1. The summed E-state index contributed by atoms with van der Waals surface area (Å²) in [7, 11) is -5.61. The predicted octanol–water partition coefficient (Wildman–Crippen LogP) is 5.91. The fourth-order valence-electron chi connectivity index (χ4n) is 5.10. The first-order valence-electron chi connectivity index (χ1n) is 11.0. The topological polar surface area (TPSA) is 61.8 Å². The summed E-state index contributed by atoms with van der Waals surface area (Å²) in [4.78, 5) is 0. The minimum atomic E-state index is -5.61. The van der Waals surface area contributed by atoms with Crippen LogP contribution in [0.2, 0.25) is 0 Å². The van der Waals surface area contributed by atoms with Gasteiger partial charge in [-0.3, -0.25) is 0 Å². The molecule has 2 fully saturated rings. The Hall–Kier alpha value is -0.800. The molecule has 3 atom stereocenters. The van der Waals surface area contributed by atoms with Crippen LogP contribution in [0.5, 0.6) is 0 Å². The van der Waals surface area contributed by atoms with Gasteiger partial charge < -0.3 is 13.7 Å². The summed E-state index contributed by atoms with van der Waals surface area (Å²) in [6, 6.07) is 0. The van der Waals surface area contributed by atoms with Crippen molar-refractivity contribution in [2.75, 3.05) is 13.2 Å². The number of rotatable bonds is 7. The van der Waals surface area contributed by atoms with E-state index in [1.165, 1.54) is 6.08 Å². The predicted molar refractivity (Wildman–Crippen MR) is 108 cm³/mol. The van der Waals surface area contributed by atoms with Crippen molar-refractivity contribution < 1.29 is 35.2 Å². The van der Waals surface area contributed by atoms with Crippen LogP contribution in [0.1, 0.15) is 79.1 Å². The van der Waals surface area contributed by atoms with Gasteiger partial charge in [0.2, 0.25) is 0 Å². The van der Waals surface area contributed by atoms with E-state index in [1.54, 1.807) is 0 Å². The summed E-state index contributed by atoms with van der Waals surface area (Å²) in [5.74, 6) is -0.448. The number of fused-ring (bicyclic) bond motifs is 1. The molecule has 176 valence electrons. The molecule has 1 saturated carbocycles. The molecule has 3 unspecified atom stereocenters. The first-order valence-corrected chi connectivity index (χ1v) is 12.4. The molecule has 1 aliphatic heterocycles. The maximum atomic E-state index is 12.7. The van der Waals surface area contributed by atoms with Gasteiger partial charge in [0.25, 0.3) is 0 Å². The molecule has 1 heterocycles. The standard InChI is InChI=1S/C19H29F3O5S.C2H6/c1-17-10-5-7-16(27-28(23,24)19(20,21)22)15(17)9-8-14(17)6-3-4-11-18(2)25-12-13-26-18;1-2/h7,14-15H,3-6,8-13H2,1-2H3;1-2H3. The van der Waals surface area contributed by atoms with Crippen LogP contribution >= 0.6 is 0 Å². The number of hydrogen-bond donors (Lipinski definition) is 0. The van der Waals surface area contributed by atoms with Crippen LogP contribution in [0.4, 0.5) is 13.2 Å². The molecular formula is C21H35F3O5S. The molecule has 9 heteroatoms. The molecule has 0 aromatic heterocycles. The average Bonchev–Trinajstić information content (AvgIpc) is 3.24. The molecule has 0 bridgehead atoms. The van der Waals surface area contributed by atoms with Gasteiger partial charge in [0.15, 0.2) is 5.79 Å². The third kappa shape index (κ3) is 5.51. The Labute approximate surface area is 178 Å². The molecular weight excluding hydrogens is 421 g/mol. The first-order chi connectivity index (χ1) is 14.0. The van der Waals surface area contributed by atoms with Gasteiger partial charge >= 0.3 is 15.6 Å². The SMILES string of the molecule is CC.CC1(CCCCC2CCC3C(OS(=O)(=O)C(F)(F)F)=CCCC23C)OCCO1. The highest BCUT2D eigenvalue weighted by Crippen LogP contribution is 2.58. The Morgan fingerprint density at radius 3 is 2.37 bits per heavy atom. The Bertz CT molecular complexity index is 698. The smallest absolute Gasteiger partial charge is 0.381 e. The summed E-state index contributed by atoms with van der Waals surface area (Å²) in [6.45, 7) is 9.25. The van der Waals surface area contributed by atoms with Gasteiger partial charge in [0.05, 0.1) is 13.2 Å². The van der Waals surface area contributed by atoms with Gasteiger partial charge in [0.1, 0.15) is 5.76 Å². The number of ether oxygens (including phenoxy) is 2. The third-order valence-electron chi connectivity index (χ3n) is 6.73. The van der Waals surface area contributed by atoms with Gasteiger partial charge in [-0.2, -0.15) is 21.6 Å². The van der Waals surface area contributed by atoms with Gasteiger partial charge in [0, 0.05) is 12.3 Å². The average molecular weight is 457 g/mol. The van der Waals surface area contributed by atoms with E-state index in [0.717, 1.165) is 38.5 Å². The molecule has 0 radical (unpaired) electrons. The van der Waals surface area contributed by atoms with E-state index >= 15 is 0 Å². The number of halogens is 3. The molecule has 3 rings (SSSR count). The molecule has 5 nitrogen and oxygen atoms in total. The zero-order chi connectivity index (χ0) is 22.6. The Morgan fingerprint density at radius 2 is 1.77 bits per heavy atom. The van der Waals surface area contributed by atoms with E-state index < -0.39 is 21.4 Å². The molecule has 3 aliphatic rings. The largest absolute Gasteiger partial charge is 0.534 e. The van der Waals surface area contributed by atoms with Crippen LogP contribution in [0, 0.1) is 17.3 Å². The van der Waals surface area contributed by atoms with Crippen LogP contribution in [-0.2, 0) is 23.8 Å². The fraction of sp³-hybridized carbons (Fsp3) is 0.905. The Morgan fingerprint density at radius 1 is 1.13 bits per heavy atom. The van der Waals surface area contributed by atoms with Crippen molar-refractivity contribution in [1.82, 2.24) is 0 Å². The maximum absolute atomic E-state index is 12.7. The lowest BCUT2D eigenvalue weighted by Gasteiger charge is -2.40. The van der Waals surface area contributed by atoms with Crippen LogP contribution in [0.3, 0.4) is 0 Å².